The molecule has 0 radical (unpaired) electrons. The molecule has 1 fully saturated rings. The molecule has 2 aromatic rings. The van der Waals surface area contributed by atoms with Crippen LogP contribution >= 0.6 is 0 Å². The zero-order chi connectivity index (χ0) is 13.1. The lowest BCUT2D eigenvalue weighted by atomic mass is 10.2. The van der Waals surface area contributed by atoms with Crippen LogP contribution in [0.5, 0.6) is 0 Å². The predicted octanol–water partition coefficient (Wildman–Crippen LogP) is 0.353. The molecule has 2 N–H and O–H groups in total. The molecule has 19 heavy (non-hydrogen) atoms. The zero-order valence-corrected chi connectivity index (χ0v) is 10.3. The number of tetrazole rings is 1. The minimum absolute atomic E-state index is 0.00589. The van der Waals surface area contributed by atoms with Gasteiger partial charge in [-0.1, -0.05) is 6.07 Å². The van der Waals surface area contributed by atoms with Crippen molar-refractivity contribution in [2.24, 2.45) is 0 Å². The molecule has 1 atom stereocenters. The standard InChI is InChI=1S/C12H14N6O/c19-12(11-5-2-6-13-11)15-9-3-1-4-10(7-9)18-8-14-16-17-18/h1,3-4,7-8,11,13H,2,5-6H2,(H,15,19). The van der Waals surface area contributed by atoms with Gasteiger partial charge in [0.05, 0.1) is 11.7 Å². The fraction of sp³-hybridized carbons (Fsp3) is 0.333. The number of carbonyl (C=O) groups excluding carboxylic acids is 1. The van der Waals surface area contributed by atoms with Gasteiger partial charge in [0, 0.05) is 5.69 Å². The molecule has 0 aliphatic carbocycles. The molecule has 7 nitrogen and oxygen atoms in total. The molecule has 0 bridgehead atoms. The van der Waals surface area contributed by atoms with Crippen LogP contribution in [0.3, 0.4) is 0 Å². The molecule has 1 aromatic heterocycles. The third-order valence-corrected chi connectivity index (χ3v) is 3.10. The molecular weight excluding hydrogens is 244 g/mol. The molecule has 1 amide bonds. The fourth-order valence-corrected chi connectivity index (χ4v) is 2.14. The number of hydrogen-bond acceptors (Lipinski definition) is 5. The van der Waals surface area contributed by atoms with E-state index in [4.69, 9.17) is 0 Å². The van der Waals surface area contributed by atoms with Crippen LogP contribution in [0, 0.1) is 0 Å². The van der Waals surface area contributed by atoms with Crippen LogP contribution in [-0.4, -0.2) is 38.7 Å². The number of benzene rings is 1. The Balaban J connectivity index is 1.74. The maximum atomic E-state index is 12.0. The van der Waals surface area contributed by atoms with Crippen LogP contribution in [0.4, 0.5) is 5.69 Å². The molecule has 1 saturated heterocycles. The summed E-state index contributed by atoms with van der Waals surface area (Å²) in [6.07, 6.45) is 3.45. The van der Waals surface area contributed by atoms with E-state index in [1.54, 1.807) is 4.68 Å². The average molecular weight is 258 g/mol. The number of nitrogens with zero attached hydrogens (tertiary/aromatic N) is 4. The molecule has 0 spiro atoms. The van der Waals surface area contributed by atoms with Crippen molar-refractivity contribution in [1.82, 2.24) is 25.5 Å². The van der Waals surface area contributed by atoms with Crippen molar-refractivity contribution < 1.29 is 4.79 Å². The molecule has 1 aliphatic heterocycles. The highest BCUT2D eigenvalue weighted by molar-refractivity contribution is 5.95. The largest absolute Gasteiger partial charge is 0.325 e. The number of aromatic nitrogens is 4. The van der Waals surface area contributed by atoms with E-state index in [1.165, 1.54) is 6.33 Å². The van der Waals surface area contributed by atoms with Gasteiger partial charge in [0.2, 0.25) is 5.91 Å². The van der Waals surface area contributed by atoms with Crippen LogP contribution in [0.2, 0.25) is 0 Å². The Morgan fingerprint density at radius 3 is 3.16 bits per heavy atom. The Morgan fingerprint density at radius 2 is 2.42 bits per heavy atom. The minimum atomic E-state index is -0.0864. The van der Waals surface area contributed by atoms with Gasteiger partial charge in [0.1, 0.15) is 6.33 Å². The van der Waals surface area contributed by atoms with E-state index >= 15 is 0 Å². The van der Waals surface area contributed by atoms with Crippen molar-refractivity contribution in [3.05, 3.63) is 30.6 Å². The van der Waals surface area contributed by atoms with Gasteiger partial charge >= 0.3 is 0 Å². The van der Waals surface area contributed by atoms with Gasteiger partial charge in [-0.25, -0.2) is 4.68 Å². The van der Waals surface area contributed by atoms with Crippen molar-refractivity contribution in [2.45, 2.75) is 18.9 Å². The van der Waals surface area contributed by atoms with Crippen molar-refractivity contribution in [3.63, 3.8) is 0 Å². The van der Waals surface area contributed by atoms with Crippen molar-refractivity contribution in [3.8, 4) is 5.69 Å². The highest BCUT2D eigenvalue weighted by Gasteiger charge is 2.21. The Bertz CT molecular complexity index is 561. The van der Waals surface area contributed by atoms with Gasteiger partial charge in [-0.2, -0.15) is 0 Å². The van der Waals surface area contributed by atoms with Crippen LogP contribution in [0.25, 0.3) is 5.69 Å². The van der Waals surface area contributed by atoms with E-state index in [0.717, 1.165) is 30.8 Å². The first-order valence-electron chi connectivity index (χ1n) is 6.20. The second kappa shape index (κ2) is 5.15. The summed E-state index contributed by atoms with van der Waals surface area (Å²) in [5.41, 5.74) is 1.55. The van der Waals surface area contributed by atoms with Gasteiger partial charge in [-0.05, 0) is 48.0 Å². The Hall–Kier alpha value is -2.28. The maximum Gasteiger partial charge on any atom is 0.241 e. The molecule has 1 aromatic carbocycles. The van der Waals surface area contributed by atoms with Gasteiger partial charge in [0.25, 0.3) is 0 Å². The van der Waals surface area contributed by atoms with Gasteiger partial charge in [0.15, 0.2) is 0 Å². The fourth-order valence-electron chi connectivity index (χ4n) is 2.14. The quantitative estimate of drug-likeness (QED) is 0.830. The Kier molecular flexibility index (Phi) is 3.20. The minimum Gasteiger partial charge on any atom is -0.325 e. The summed E-state index contributed by atoms with van der Waals surface area (Å²) in [6.45, 7) is 0.906. The molecule has 3 rings (SSSR count). The van der Waals surface area contributed by atoms with Crippen molar-refractivity contribution in [2.75, 3.05) is 11.9 Å². The van der Waals surface area contributed by atoms with Crippen LogP contribution in [0.1, 0.15) is 12.8 Å². The van der Waals surface area contributed by atoms with Gasteiger partial charge in [-0.15, -0.1) is 5.10 Å². The van der Waals surface area contributed by atoms with Crippen molar-refractivity contribution >= 4 is 11.6 Å². The number of carbonyl (C=O) groups is 1. The van der Waals surface area contributed by atoms with Gasteiger partial charge in [-0.3, -0.25) is 4.79 Å². The summed E-state index contributed by atoms with van der Waals surface area (Å²) in [7, 11) is 0. The topological polar surface area (TPSA) is 84.7 Å². The molecule has 7 heteroatoms. The zero-order valence-electron chi connectivity index (χ0n) is 10.3. The summed E-state index contributed by atoms with van der Waals surface area (Å²) in [5, 5.41) is 17.1. The average Bonchev–Trinajstić information content (AvgIpc) is 3.13. The first-order valence-corrected chi connectivity index (χ1v) is 6.20. The second-order valence-corrected chi connectivity index (χ2v) is 4.44. The van der Waals surface area contributed by atoms with Gasteiger partial charge < -0.3 is 10.6 Å². The molecule has 2 heterocycles. The number of anilines is 1. The second-order valence-electron chi connectivity index (χ2n) is 4.44. The Morgan fingerprint density at radius 1 is 1.47 bits per heavy atom. The number of amides is 1. The molecule has 98 valence electrons. The lowest BCUT2D eigenvalue weighted by Gasteiger charge is -2.11. The van der Waals surface area contributed by atoms with E-state index in [1.807, 2.05) is 24.3 Å². The summed E-state index contributed by atoms with van der Waals surface area (Å²) < 4.78 is 1.55. The first kappa shape index (κ1) is 11.8. The Labute approximate surface area is 110 Å². The normalized spacial score (nSPS) is 18.4. The number of nitrogens with one attached hydrogen (secondary N) is 2. The highest BCUT2D eigenvalue weighted by Crippen LogP contribution is 2.15. The lowest BCUT2D eigenvalue weighted by molar-refractivity contribution is -0.117. The third-order valence-electron chi connectivity index (χ3n) is 3.10. The molecule has 1 aliphatic rings. The van der Waals surface area contributed by atoms with E-state index in [9.17, 15) is 4.79 Å². The molecule has 1 unspecified atom stereocenters. The number of hydrogen-bond donors (Lipinski definition) is 2. The summed E-state index contributed by atoms with van der Waals surface area (Å²) in [4.78, 5) is 12.0. The molecular formula is C12H14N6O. The summed E-state index contributed by atoms with van der Waals surface area (Å²) in [6, 6.07) is 7.33. The highest BCUT2D eigenvalue weighted by atomic mass is 16.2. The van der Waals surface area contributed by atoms with E-state index in [0.29, 0.717) is 0 Å². The third kappa shape index (κ3) is 2.60. The predicted molar refractivity (Wildman–Crippen MR) is 68.8 cm³/mol. The van der Waals surface area contributed by atoms with E-state index in [-0.39, 0.29) is 11.9 Å². The van der Waals surface area contributed by atoms with Crippen LogP contribution in [-0.2, 0) is 4.79 Å². The SMILES string of the molecule is O=C(Nc1cccc(-n2cnnn2)c1)C1CCCN1. The van der Waals surface area contributed by atoms with Crippen LogP contribution in [0.15, 0.2) is 30.6 Å². The lowest BCUT2D eigenvalue weighted by Crippen LogP contribution is -2.35. The maximum absolute atomic E-state index is 12.0. The first-order chi connectivity index (χ1) is 9.33. The van der Waals surface area contributed by atoms with E-state index < -0.39 is 0 Å². The molecule has 0 saturated carbocycles. The van der Waals surface area contributed by atoms with Crippen LogP contribution < -0.4 is 10.6 Å². The smallest absolute Gasteiger partial charge is 0.241 e. The summed E-state index contributed by atoms with van der Waals surface area (Å²) >= 11 is 0. The van der Waals surface area contributed by atoms with E-state index in [2.05, 4.69) is 26.2 Å². The van der Waals surface area contributed by atoms with Crippen molar-refractivity contribution in [1.29, 1.82) is 0 Å². The summed E-state index contributed by atoms with van der Waals surface area (Å²) in [5.74, 6) is 0.00589. The number of rotatable bonds is 3. The monoisotopic (exact) mass is 258 g/mol.